The van der Waals surface area contributed by atoms with Crippen LogP contribution < -0.4 is 9.80 Å². The van der Waals surface area contributed by atoms with Crippen LogP contribution in [0.5, 0.6) is 0 Å². The lowest BCUT2D eigenvalue weighted by atomic mass is 10.1. The minimum Gasteiger partial charge on any atom is -0.369 e. The molecule has 1 aromatic heterocycles. The zero-order valence-electron chi connectivity index (χ0n) is 12.1. The van der Waals surface area contributed by atoms with Gasteiger partial charge in [-0.1, -0.05) is 0 Å². The van der Waals surface area contributed by atoms with Crippen LogP contribution in [-0.4, -0.2) is 30.8 Å². The quantitative estimate of drug-likeness (QED) is 0.816. The van der Waals surface area contributed by atoms with Crippen molar-refractivity contribution >= 4 is 34.4 Å². The number of anilines is 2. The number of hydrogen-bond acceptors (Lipinski definition) is 5. The van der Waals surface area contributed by atoms with Crippen molar-refractivity contribution in [2.24, 2.45) is 0 Å². The van der Waals surface area contributed by atoms with E-state index < -0.39 is 11.7 Å². The molecule has 1 aliphatic heterocycles. The third kappa shape index (κ3) is 2.31. The average Bonchev–Trinajstić information content (AvgIpc) is 2.97. The molecule has 1 aliphatic rings. The summed E-state index contributed by atoms with van der Waals surface area (Å²) in [4.78, 5) is 31.4. The van der Waals surface area contributed by atoms with Gasteiger partial charge in [0, 0.05) is 25.2 Å². The van der Waals surface area contributed by atoms with E-state index in [0.717, 1.165) is 16.4 Å². The first kappa shape index (κ1) is 13.8. The largest absolute Gasteiger partial charge is 0.369 e. The second-order valence-electron chi connectivity index (χ2n) is 5.11. The lowest BCUT2D eigenvalue weighted by Gasteiger charge is -2.20. The van der Waals surface area contributed by atoms with Crippen molar-refractivity contribution in [2.45, 2.75) is 13.5 Å². The van der Waals surface area contributed by atoms with E-state index in [9.17, 15) is 9.59 Å². The Morgan fingerprint density at radius 1 is 1.33 bits per heavy atom. The van der Waals surface area contributed by atoms with Crippen LogP contribution in [0.3, 0.4) is 0 Å². The number of Topliss-reactive ketones (excluding diaryl/α,β-unsaturated/α-hetero) is 1. The molecule has 0 fully saturated rings. The Morgan fingerprint density at radius 2 is 2.10 bits per heavy atom. The summed E-state index contributed by atoms with van der Waals surface area (Å²) in [5.74, 6) is -0.906. The molecule has 5 nitrogen and oxygen atoms in total. The number of ketones is 1. The van der Waals surface area contributed by atoms with Crippen LogP contribution in [0.2, 0.25) is 0 Å². The van der Waals surface area contributed by atoms with Crippen LogP contribution >= 0.6 is 11.3 Å². The van der Waals surface area contributed by atoms with E-state index in [1.165, 1.54) is 4.90 Å². The highest BCUT2D eigenvalue weighted by Crippen LogP contribution is 2.31. The van der Waals surface area contributed by atoms with Crippen LogP contribution in [0.4, 0.5) is 11.4 Å². The Bertz CT molecular complexity index is 738. The van der Waals surface area contributed by atoms with E-state index in [-0.39, 0.29) is 0 Å². The van der Waals surface area contributed by atoms with Crippen LogP contribution in [0.1, 0.15) is 21.1 Å². The Kier molecular flexibility index (Phi) is 3.25. The fourth-order valence-electron chi connectivity index (χ4n) is 2.42. The van der Waals surface area contributed by atoms with Gasteiger partial charge in [-0.05, 0) is 25.1 Å². The number of rotatable bonds is 3. The third-order valence-electron chi connectivity index (χ3n) is 3.59. The summed E-state index contributed by atoms with van der Waals surface area (Å²) >= 11 is 1.63. The average molecular weight is 301 g/mol. The van der Waals surface area contributed by atoms with Gasteiger partial charge in [0.05, 0.1) is 28.5 Å². The highest BCUT2D eigenvalue weighted by atomic mass is 32.1. The molecule has 0 unspecified atom stereocenters. The predicted molar refractivity (Wildman–Crippen MR) is 83.1 cm³/mol. The van der Waals surface area contributed by atoms with Gasteiger partial charge >= 0.3 is 0 Å². The maximum absolute atomic E-state index is 11.8. The summed E-state index contributed by atoms with van der Waals surface area (Å²) in [7, 11) is 3.59. The third-order valence-corrected chi connectivity index (χ3v) is 4.42. The first-order valence-electron chi connectivity index (χ1n) is 6.56. The summed E-state index contributed by atoms with van der Waals surface area (Å²) < 4.78 is 0. The molecule has 0 atom stereocenters. The minimum absolute atomic E-state index is 0.433. The lowest BCUT2D eigenvalue weighted by Crippen LogP contribution is -2.25. The fraction of sp³-hybridized carbons (Fsp3) is 0.267. The number of fused-ring (bicyclic) bond motifs is 1. The van der Waals surface area contributed by atoms with Crippen molar-refractivity contribution in [3.63, 3.8) is 0 Å². The second kappa shape index (κ2) is 4.96. The van der Waals surface area contributed by atoms with Crippen molar-refractivity contribution in [1.29, 1.82) is 0 Å². The SMILES string of the molecule is Cc1nc(CN(C)c2ccc3c(c2)N(C)C(=O)C3=O)cs1. The first-order chi connectivity index (χ1) is 9.97. The minimum atomic E-state index is -0.472. The topological polar surface area (TPSA) is 53.5 Å². The number of benzene rings is 1. The lowest BCUT2D eigenvalue weighted by molar-refractivity contribution is -0.114. The van der Waals surface area contributed by atoms with Gasteiger partial charge in [0.25, 0.3) is 11.7 Å². The molecule has 0 radical (unpaired) electrons. The Morgan fingerprint density at radius 3 is 2.76 bits per heavy atom. The van der Waals surface area contributed by atoms with Gasteiger partial charge in [0.15, 0.2) is 0 Å². The molecular weight excluding hydrogens is 286 g/mol. The normalized spacial score (nSPS) is 13.8. The molecule has 0 spiro atoms. The molecule has 0 bridgehead atoms. The molecule has 3 rings (SSSR count). The van der Waals surface area contributed by atoms with E-state index in [4.69, 9.17) is 0 Å². The first-order valence-corrected chi connectivity index (χ1v) is 7.44. The highest BCUT2D eigenvalue weighted by molar-refractivity contribution is 7.09. The Hall–Kier alpha value is -2.21. The number of thiazole rings is 1. The number of aromatic nitrogens is 1. The highest BCUT2D eigenvalue weighted by Gasteiger charge is 2.33. The number of carbonyl (C=O) groups is 2. The van der Waals surface area contributed by atoms with Crippen LogP contribution in [-0.2, 0) is 11.3 Å². The zero-order valence-corrected chi connectivity index (χ0v) is 12.9. The van der Waals surface area contributed by atoms with Crippen LogP contribution in [0.25, 0.3) is 0 Å². The number of aryl methyl sites for hydroxylation is 1. The van der Waals surface area contributed by atoms with Crippen molar-refractivity contribution in [1.82, 2.24) is 4.98 Å². The smallest absolute Gasteiger partial charge is 0.299 e. The molecule has 108 valence electrons. The fourth-order valence-corrected chi connectivity index (χ4v) is 3.02. The van der Waals surface area contributed by atoms with E-state index in [1.54, 1.807) is 24.5 Å². The van der Waals surface area contributed by atoms with Crippen molar-refractivity contribution in [3.8, 4) is 0 Å². The molecule has 0 aliphatic carbocycles. The monoisotopic (exact) mass is 301 g/mol. The zero-order chi connectivity index (χ0) is 15.1. The van der Waals surface area contributed by atoms with Gasteiger partial charge < -0.3 is 9.80 Å². The van der Waals surface area contributed by atoms with E-state index in [1.807, 2.05) is 31.5 Å². The molecule has 2 aromatic rings. The second-order valence-corrected chi connectivity index (χ2v) is 6.17. The van der Waals surface area contributed by atoms with Crippen molar-refractivity contribution < 1.29 is 9.59 Å². The van der Waals surface area contributed by atoms with Gasteiger partial charge in [0.1, 0.15) is 0 Å². The van der Waals surface area contributed by atoms with Gasteiger partial charge in [0.2, 0.25) is 0 Å². The number of nitrogens with zero attached hydrogens (tertiary/aromatic N) is 3. The summed E-state index contributed by atoms with van der Waals surface area (Å²) in [6.45, 7) is 2.67. The molecule has 0 saturated heterocycles. The van der Waals surface area contributed by atoms with Gasteiger partial charge in [-0.2, -0.15) is 0 Å². The number of carbonyl (C=O) groups excluding carboxylic acids is 2. The van der Waals surface area contributed by atoms with Gasteiger partial charge in [-0.25, -0.2) is 4.98 Å². The van der Waals surface area contributed by atoms with E-state index in [0.29, 0.717) is 17.8 Å². The molecule has 1 aromatic carbocycles. The molecule has 2 heterocycles. The summed E-state index contributed by atoms with van der Waals surface area (Å²) in [6.07, 6.45) is 0. The maximum atomic E-state index is 11.8. The van der Waals surface area contributed by atoms with E-state index in [2.05, 4.69) is 9.88 Å². The van der Waals surface area contributed by atoms with Gasteiger partial charge in [-0.15, -0.1) is 11.3 Å². The molecular formula is C15H15N3O2S. The molecule has 6 heteroatoms. The van der Waals surface area contributed by atoms with Gasteiger partial charge in [-0.3, -0.25) is 9.59 Å². The summed E-state index contributed by atoms with van der Waals surface area (Å²) in [5, 5.41) is 3.08. The molecule has 21 heavy (non-hydrogen) atoms. The molecule has 1 amide bonds. The summed E-state index contributed by atoms with van der Waals surface area (Å²) in [6, 6.07) is 5.46. The molecule has 0 N–H and O–H groups in total. The standard InChI is InChI=1S/C15H15N3O2S/c1-9-16-10(8-21-9)7-17(2)11-4-5-12-13(6-11)18(3)15(20)14(12)19/h4-6,8H,7H2,1-3H3. The predicted octanol–water partition coefficient (Wildman–Crippen LogP) is 2.25. The Balaban J connectivity index is 1.87. The van der Waals surface area contributed by atoms with E-state index >= 15 is 0 Å². The maximum Gasteiger partial charge on any atom is 0.299 e. The summed E-state index contributed by atoms with van der Waals surface area (Å²) in [5.41, 5.74) is 3.11. The van der Waals surface area contributed by atoms with Crippen LogP contribution in [0.15, 0.2) is 23.6 Å². The van der Waals surface area contributed by atoms with Crippen molar-refractivity contribution in [2.75, 3.05) is 23.9 Å². The number of hydrogen-bond donors (Lipinski definition) is 0. The molecule has 0 saturated carbocycles. The van der Waals surface area contributed by atoms with Crippen molar-refractivity contribution in [3.05, 3.63) is 39.8 Å². The Labute approximate surface area is 126 Å². The van der Waals surface area contributed by atoms with Crippen LogP contribution in [0, 0.1) is 6.92 Å². The number of amides is 1. The number of likely N-dealkylation sites (N-methyl/N-ethyl adjacent to an activating group) is 1.